The van der Waals surface area contributed by atoms with Gasteiger partial charge in [0.15, 0.2) is 0 Å². The van der Waals surface area contributed by atoms with E-state index in [1.165, 1.54) is 0 Å². The molecular weight excluding hydrogens is 416 g/mol. The summed E-state index contributed by atoms with van der Waals surface area (Å²) in [5.74, 6) is 1.29. The molecule has 33 heavy (non-hydrogen) atoms. The molecule has 0 saturated heterocycles. The number of benzene rings is 2. The fourth-order valence-corrected chi connectivity index (χ4v) is 3.63. The minimum absolute atomic E-state index is 0.0227. The summed E-state index contributed by atoms with van der Waals surface area (Å²) >= 11 is 0. The highest BCUT2D eigenvalue weighted by Crippen LogP contribution is 2.18. The van der Waals surface area contributed by atoms with E-state index in [-0.39, 0.29) is 18.4 Å². The number of aryl methyl sites for hydroxylation is 1. The Morgan fingerprint density at radius 3 is 2.61 bits per heavy atom. The van der Waals surface area contributed by atoms with Gasteiger partial charge in [0.1, 0.15) is 18.1 Å². The molecule has 0 fully saturated rings. The van der Waals surface area contributed by atoms with Gasteiger partial charge in [-0.15, -0.1) is 13.2 Å². The smallest absolute Gasteiger partial charge is 0.251 e. The number of carbonyl (C=O) groups excluding carboxylic acids is 2. The number of hydrogen-bond donors (Lipinski definition) is 1. The Kier molecular flexibility index (Phi) is 8.41. The molecule has 0 bridgehead atoms. The normalized spacial score (nSPS) is 10.6. The number of aromatic nitrogens is 2. The largest absolute Gasteiger partial charge is 0.497 e. The maximum atomic E-state index is 12.9. The maximum absolute atomic E-state index is 12.9. The molecule has 1 aromatic heterocycles. The molecule has 1 N–H and O–H groups in total. The fraction of sp³-hybridized carbons (Fsp3) is 0.269. The van der Waals surface area contributed by atoms with Crippen molar-refractivity contribution in [2.45, 2.75) is 19.4 Å². The molecule has 0 radical (unpaired) electrons. The number of nitrogens with zero attached hydrogens (tertiary/aromatic N) is 3. The first-order valence-electron chi connectivity index (χ1n) is 10.9. The van der Waals surface area contributed by atoms with E-state index >= 15 is 0 Å². The molecule has 3 aromatic rings. The highest BCUT2D eigenvalue weighted by Gasteiger charge is 2.17. The van der Waals surface area contributed by atoms with Crippen LogP contribution in [0.4, 0.5) is 0 Å². The van der Waals surface area contributed by atoms with Gasteiger partial charge in [-0.25, -0.2) is 4.98 Å². The monoisotopic (exact) mass is 446 g/mol. The number of rotatable bonds is 12. The topological polar surface area (TPSA) is 76.5 Å². The SMILES string of the molecule is C=CCN(CC=C)C(=O)Cn1c(CCCNC(=O)c2cccc(OC)c2)nc2ccccc21. The molecule has 1 heterocycles. The zero-order chi connectivity index (χ0) is 23.6. The Morgan fingerprint density at radius 2 is 1.88 bits per heavy atom. The van der Waals surface area contributed by atoms with Crippen LogP contribution >= 0.6 is 0 Å². The standard InChI is InChI=1S/C26H30N4O3/c1-4-16-29(17-5-2)25(31)19-30-23-13-7-6-12-22(23)28-24(30)14-9-15-27-26(32)20-10-8-11-21(18-20)33-3/h4-8,10-13,18H,1-2,9,14-17,19H2,3H3,(H,27,32). The average molecular weight is 447 g/mol. The molecule has 2 aromatic carbocycles. The second kappa shape index (κ2) is 11.7. The van der Waals surface area contributed by atoms with E-state index < -0.39 is 0 Å². The molecule has 172 valence electrons. The van der Waals surface area contributed by atoms with Gasteiger partial charge >= 0.3 is 0 Å². The molecule has 3 rings (SSSR count). The van der Waals surface area contributed by atoms with Gasteiger partial charge in [-0.3, -0.25) is 9.59 Å². The Bertz CT molecular complexity index is 1130. The summed E-state index contributed by atoms with van der Waals surface area (Å²) in [5.41, 5.74) is 2.31. The van der Waals surface area contributed by atoms with E-state index in [4.69, 9.17) is 9.72 Å². The highest BCUT2D eigenvalue weighted by atomic mass is 16.5. The van der Waals surface area contributed by atoms with Gasteiger partial charge in [0.25, 0.3) is 5.91 Å². The molecule has 7 nitrogen and oxygen atoms in total. The van der Waals surface area contributed by atoms with Gasteiger partial charge in [0.2, 0.25) is 5.91 Å². The zero-order valence-corrected chi connectivity index (χ0v) is 19.0. The summed E-state index contributed by atoms with van der Waals surface area (Å²) in [5, 5.41) is 2.94. The number of carbonyl (C=O) groups is 2. The van der Waals surface area contributed by atoms with E-state index in [1.54, 1.807) is 48.4 Å². The van der Waals surface area contributed by atoms with Crippen LogP contribution in [0.3, 0.4) is 0 Å². The van der Waals surface area contributed by atoms with E-state index in [0.29, 0.717) is 43.8 Å². The van der Waals surface area contributed by atoms with Crippen LogP contribution in [0, 0.1) is 0 Å². The molecular formula is C26H30N4O3. The van der Waals surface area contributed by atoms with Crippen LogP contribution in [0.5, 0.6) is 5.75 Å². The lowest BCUT2D eigenvalue weighted by atomic mass is 10.2. The number of amides is 2. The molecule has 0 aliphatic heterocycles. The summed E-state index contributed by atoms with van der Waals surface area (Å²) in [7, 11) is 1.57. The van der Waals surface area contributed by atoms with Crippen LogP contribution in [0.15, 0.2) is 73.8 Å². The third kappa shape index (κ3) is 6.10. The van der Waals surface area contributed by atoms with E-state index in [1.807, 2.05) is 28.8 Å². The Morgan fingerprint density at radius 1 is 1.12 bits per heavy atom. The summed E-state index contributed by atoms with van der Waals surface area (Å²) in [6.07, 6.45) is 4.73. The number of ether oxygens (including phenoxy) is 1. The molecule has 7 heteroatoms. The Balaban J connectivity index is 1.67. The van der Waals surface area contributed by atoms with Crippen LogP contribution in [0.25, 0.3) is 11.0 Å². The quantitative estimate of drug-likeness (QED) is 0.341. The third-order valence-electron chi connectivity index (χ3n) is 5.27. The first-order chi connectivity index (χ1) is 16.1. The minimum Gasteiger partial charge on any atom is -0.497 e. The van der Waals surface area contributed by atoms with Gasteiger partial charge < -0.3 is 19.5 Å². The number of fused-ring (bicyclic) bond motifs is 1. The van der Waals surface area contributed by atoms with Crippen molar-refractivity contribution < 1.29 is 14.3 Å². The first-order valence-corrected chi connectivity index (χ1v) is 10.9. The molecule has 2 amide bonds. The third-order valence-corrected chi connectivity index (χ3v) is 5.27. The molecule has 0 spiro atoms. The molecule has 0 saturated carbocycles. The van der Waals surface area contributed by atoms with Gasteiger partial charge in [-0.05, 0) is 36.8 Å². The predicted molar refractivity (Wildman–Crippen MR) is 130 cm³/mol. The van der Waals surface area contributed by atoms with Gasteiger partial charge in [-0.1, -0.05) is 30.4 Å². The van der Waals surface area contributed by atoms with E-state index in [9.17, 15) is 9.59 Å². The van der Waals surface area contributed by atoms with Crippen molar-refractivity contribution in [3.05, 3.63) is 85.2 Å². The van der Waals surface area contributed by atoms with Crippen LogP contribution in [-0.4, -0.2) is 53.0 Å². The van der Waals surface area contributed by atoms with Crippen molar-refractivity contribution in [2.24, 2.45) is 0 Å². The summed E-state index contributed by atoms with van der Waals surface area (Å²) < 4.78 is 7.14. The van der Waals surface area contributed by atoms with Crippen molar-refractivity contribution in [3.8, 4) is 5.75 Å². The van der Waals surface area contributed by atoms with Crippen molar-refractivity contribution in [3.63, 3.8) is 0 Å². The summed E-state index contributed by atoms with van der Waals surface area (Å²) in [6.45, 7) is 9.08. The molecule has 0 unspecified atom stereocenters. The number of hydrogen-bond acceptors (Lipinski definition) is 4. The predicted octanol–water partition coefficient (Wildman–Crippen LogP) is 3.61. The van der Waals surface area contributed by atoms with Crippen LogP contribution in [0.2, 0.25) is 0 Å². The van der Waals surface area contributed by atoms with E-state index in [0.717, 1.165) is 16.9 Å². The second-order valence-electron chi connectivity index (χ2n) is 7.57. The number of nitrogens with one attached hydrogen (secondary N) is 1. The van der Waals surface area contributed by atoms with Gasteiger partial charge in [0.05, 0.1) is 18.1 Å². The average Bonchev–Trinajstić information content (AvgIpc) is 3.18. The maximum Gasteiger partial charge on any atom is 0.251 e. The lowest BCUT2D eigenvalue weighted by molar-refractivity contribution is -0.130. The highest BCUT2D eigenvalue weighted by molar-refractivity contribution is 5.94. The Hall–Kier alpha value is -3.87. The van der Waals surface area contributed by atoms with Gasteiger partial charge in [-0.2, -0.15) is 0 Å². The minimum atomic E-state index is -0.151. The molecule has 0 aliphatic carbocycles. The van der Waals surface area contributed by atoms with Crippen LogP contribution < -0.4 is 10.1 Å². The van der Waals surface area contributed by atoms with Crippen molar-refractivity contribution in [1.29, 1.82) is 0 Å². The fourth-order valence-electron chi connectivity index (χ4n) is 3.63. The lowest BCUT2D eigenvalue weighted by Crippen LogP contribution is -2.34. The molecule has 0 atom stereocenters. The number of para-hydroxylation sites is 2. The summed E-state index contributed by atoms with van der Waals surface area (Å²) in [4.78, 5) is 31.8. The van der Waals surface area contributed by atoms with Crippen molar-refractivity contribution >= 4 is 22.8 Å². The van der Waals surface area contributed by atoms with Crippen molar-refractivity contribution in [1.82, 2.24) is 19.8 Å². The molecule has 0 aliphatic rings. The first kappa shape index (κ1) is 23.8. The zero-order valence-electron chi connectivity index (χ0n) is 19.0. The van der Waals surface area contributed by atoms with Crippen molar-refractivity contribution in [2.75, 3.05) is 26.7 Å². The second-order valence-corrected chi connectivity index (χ2v) is 7.57. The Labute approximate surface area is 194 Å². The summed E-state index contributed by atoms with van der Waals surface area (Å²) in [6, 6.07) is 14.8. The lowest BCUT2D eigenvalue weighted by Gasteiger charge is -2.20. The van der Waals surface area contributed by atoms with Crippen LogP contribution in [0.1, 0.15) is 22.6 Å². The van der Waals surface area contributed by atoms with E-state index in [2.05, 4.69) is 18.5 Å². The number of imidazole rings is 1. The van der Waals surface area contributed by atoms with Crippen LogP contribution in [-0.2, 0) is 17.8 Å². The van der Waals surface area contributed by atoms with Gasteiger partial charge in [0, 0.05) is 31.6 Å². The number of methoxy groups -OCH3 is 1.